The van der Waals surface area contributed by atoms with E-state index in [1.165, 1.54) is 24.1 Å². The summed E-state index contributed by atoms with van der Waals surface area (Å²) in [4.78, 5) is 13.2. The van der Waals surface area contributed by atoms with Crippen LogP contribution in [0.2, 0.25) is 0 Å². The largest absolute Gasteiger partial charge is 0.299 e. The molecule has 0 saturated heterocycles. The first-order valence-corrected chi connectivity index (χ1v) is 7.16. The maximum Gasteiger partial charge on any atom is 0.141 e. The van der Waals surface area contributed by atoms with Gasteiger partial charge in [0.15, 0.2) is 0 Å². The van der Waals surface area contributed by atoms with E-state index in [1.54, 1.807) is 11.3 Å². The smallest absolute Gasteiger partial charge is 0.141 e. The van der Waals surface area contributed by atoms with E-state index in [0.717, 1.165) is 16.3 Å². The number of ketones is 1. The molecule has 3 heteroatoms. The Morgan fingerprint density at radius 3 is 2.73 bits per heavy atom. The molecule has 80 valence electrons. The Kier molecular flexibility index (Phi) is 2.48. The second kappa shape index (κ2) is 3.70. The minimum Gasteiger partial charge on any atom is -0.299 e. The summed E-state index contributed by atoms with van der Waals surface area (Å²) < 4.78 is 1.10. The Labute approximate surface area is 102 Å². The molecule has 1 aromatic rings. The third-order valence-electron chi connectivity index (χ3n) is 3.72. The van der Waals surface area contributed by atoms with Crippen LogP contribution in [0.15, 0.2) is 15.9 Å². The van der Waals surface area contributed by atoms with Gasteiger partial charge in [0.25, 0.3) is 0 Å². The molecule has 0 bridgehead atoms. The van der Waals surface area contributed by atoms with E-state index in [2.05, 4.69) is 15.9 Å². The number of hydrogen-bond acceptors (Lipinski definition) is 2. The molecular formula is C12H13BrOS. The minimum atomic E-state index is 0.378. The summed E-state index contributed by atoms with van der Waals surface area (Å²) in [5, 5.41) is 2.04. The van der Waals surface area contributed by atoms with E-state index in [-0.39, 0.29) is 0 Å². The first kappa shape index (κ1) is 10.0. The van der Waals surface area contributed by atoms with Gasteiger partial charge in [0.2, 0.25) is 0 Å². The van der Waals surface area contributed by atoms with E-state index in [9.17, 15) is 4.79 Å². The number of carbonyl (C=O) groups is 1. The average Bonchev–Trinajstić information content (AvgIpc) is 2.64. The monoisotopic (exact) mass is 284 g/mol. The van der Waals surface area contributed by atoms with Crippen LogP contribution in [-0.4, -0.2) is 5.78 Å². The zero-order valence-corrected chi connectivity index (χ0v) is 10.8. The van der Waals surface area contributed by atoms with Crippen LogP contribution in [0.1, 0.15) is 24.1 Å². The number of hydrogen-bond donors (Lipinski definition) is 0. The lowest BCUT2D eigenvalue weighted by molar-refractivity contribution is -0.122. The maximum absolute atomic E-state index is 12.0. The number of carbonyl (C=O) groups excluding carboxylic acids is 1. The highest BCUT2D eigenvalue weighted by Gasteiger charge is 2.47. The Bertz CT molecular complexity index is 388. The summed E-state index contributed by atoms with van der Waals surface area (Å²) in [7, 11) is 0. The van der Waals surface area contributed by atoms with Gasteiger partial charge in [-0.3, -0.25) is 4.79 Å². The fraction of sp³-hybridized carbons (Fsp3) is 0.583. The quantitative estimate of drug-likeness (QED) is 0.828. The maximum atomic E-state index is 12.0. The van der Waals surface area contributed by atoms with Crippen molar-refractivity contribution >= 4 is 33.0 Å². The van der Waals surface area contributed by atoms with Crippen LogP contribution in [-0.2, 0) is 11.2 Å². The highest BCUT2D eigenvalue weighted by atomic mass is 79.9. The molecule has 1 nitrogen and oxygen atoms in total. The molecule has 1 heterocycles. The molecule has 0 aliphatic heterocycles. The summed E-state index contributed by atoms with van der Waals surface area (Å²) in [6.07, 6.45) is 4.38. The molecule has 0 amide bonds. The Balaban J connectivity index is 1.64. The van der Waals surface area contributed by atoms with Crippen molar-refractivity contribution in [2.45, 2.75) is 25.7 Å². The van der Waals surface area contributed by atoms with E-state index < -0.39 is 0 Å². The number of Topliss-reactive ketones (excluding diaryl/α,β-unsaturated/α-hetero) is 1. The second-order valence-electron chi connectivity index (χ2n) is 4.76. The Morgan fingerprint density at radius 1 is 1.40 bits per heavy atom. The van der Waals surface area contributed by atoms with Crippen molar-refractivity contribution < 1.29 is 4.79 Å². The molecule has 2 aliphatic carbocycles. The zero-order chi connectivity index (χ0) is 10.4. The molecule has 15 heavy (non-hydrogen) atoms. The van der Waals surface area contributed by atoms with Gasteiger partial charge in [-0.05, 0) is 58.5 Å². The van der Waals surface area contributed by atoms with Crippen molar-refractivity contribution in [2.75, 3.05) is 0 Å². The molecule has 2 aliphatic rings. The zero-order valence-electron chi connectivity index (χ0n) is 8.41. The first-order chi connectivity index (χ1) is 7.24. The second-order valence-corrected chi connectivity index (χ2v) is 6.61. The molecular weight excluding hydrogens is 272 g/mol. The van der Waals surface area contributed by atoms with Crippen LogP contribution in [0.25, 0.3) is 0 Å². The number of halogens is 1. The molecule has 0 radical (unpaired) electrons. The Hall–Kier alpha value is -0.150. The summed E-state index contributed by atoms with van der Waals surface area (Å²) >= 11 is 5.16. The van der Waals surface area contributed by atoms with Gasteiger partial charge in [-0.15, -0.1) is 11.3 Å². The third kappa shape index (κ3) is 1.92. The van der Waals surface area contributed by atoms with Crippen LogP contribution in [0.3, 0.4) is 0 Å². The van der Waals surface area contributed by atoms with E-state index in [0.29, 0.717) is 18.1 Å². The normalized spacial score (nSPS) is 32.7. The van der Waals surface area contributed by atoms with Crippen molar-refractivity contribution in [3.63, 3.8) is 0 Å². The fourth-order valence-corrected chi connectivity index (χ4v) is 4.23. The van der Waals surface area contributed by atoms with Gasteiger partial charge in [0.05, 0.1) is 0 Å². The van der Waals surface area contributed by atoms with Gasteiger partial charge < -0.3 is 0 Å². The lowest BCUT2D eigenvalue weighted by Gasteiger charge is -2.09. The van der Waals surface area contributed by atoms with Crippen molar-refractivity contribution in [1.82, 2.24) is 0 Å². The van der Waals surface area contributed by atoms with Crippen molar-refractivity contribution in [3.05, 3.63) is 20.8 Å². The standard InChI is InChI=1S/C12H13BrOS/c13-10-1-2-15-12(10)6-11(14)9-4-7-3-8(7)5-9/h1-2,7-9H,3-6H2. The average molecular weight is 285 g/mol. The fourth-order valence-electron chi connectivity index (χ4n) is 2.73. The van der Waals surface area contributed by atoms with Crippen molar-refractivity contribution in [1.29, 1.82) is 0 Å². The molecule has 0 spiro atoms. The third-order valence-corrected chi connectivity index (χ3v) is 5.65. The van der Waals surface area contributed by atoms with Gasteiger partial charge in [-0.25, -0.2) is 0 Å². The molecule has 2 atom stereocenters. The molecule has 0 aromatic carbocycles. The van der Waals surface area contributed by atoms with Gasteiger partial charge in [0, 0.05) is 21.7 Å². The highest BCUT2D eigenvalue weighted by Crippen LogP contribution is 2.54. The molecule has 0 N–H and O–H groups in total. The molecule has 2 saturated carbocycles. The van der Waals surface area contributed by atoms with Crippen LogP contribution in [0, 0.1) is 17.8 Å². The van der Waals surface area contributed by atoms with Gasteiger partial charge in [-0.1, -0.05) is 0 Å². The van der Waals surface area contributed by atoms with Crippen molar-refractivity contribution in [2.24, 2.45) is 17.8 Å². The highest BCUT2D eigenvalue weighted by molar-refractivity contribution is 9.10. The number of rotatable bonds is 3. The van der Waals surface area contributed by atoms with E-state index >= 15 is 0 Å². The lowest BCUT2D eigenvalue weighted by Crippen LogP contribution is -2.14. The molecule has 1 aromatic heterocycles. The Morgan fingerprint density at radius 2 is 2.13 bits per heavy atom. The summed E-state index contributed by atoms with van der Waals surface area (Å²) in [5.41, 5.74) is 0. The molecule has 2 fully saturated rings. The number of thiophene rings is 1. The summed E-state index contributed by atoms with van der Waals surface area (Å²) in [5.74, 6) is 2.66. The first-order valence-electron chi connectivity index (χ1n) is 5.48. The van der Waals surface area contributed by atoms with Crippen molar-refractivity contribution in [3.8, 4) is 0 Å². The van der Waals surface area contributed by atoms with E-state index in [4.69, 9.17) is 0 Å². The lowest BCUT2D eigenvalue weighted by atomic mass is 9.96. The van der Waals surface area contributed by atoms with Gasteiger partial charge in [-0.2, -0.15) is 0 Å². The van der Waals surface area contributed by atoms with Crippen LogP contribution >= 0.6 is 27.3 Å². The van der Waals surface area contributed by atoms with Crippen LogP contribution in [0.4, 0.5) is 0 Å². The SMILES string of the molecule is O=C(Cc1sccc1Br)C1CC2CC2C1. The van der Waals surface area contributed by atoms with Gasteiger partial charge >= 0.3 is 0 Å². The molecule has 2 unspecified atom stereocenters. The molecule has 3 rings (SSSR count). The predicted octanol–water partition coefficient (Wildman–Crippen LogP) is 3.67. The minimum absolute atomic E-state index is 0.378. The predicted molar refractivity (Wildman–Crippen MR) is 65.1 cm³/mol. The van der Waals surface area contributed by atoms with Crippen LogP contribution in [0.5, 0.6) is 0 Å². The summed E-state index contributed by atoms with van der Waals surface area (Å²) in [6.45, 7) is 0. The summed E-state index contributed by atoms with van der Waals surface area (Å²) in [6, 6.07) is 2.03. The van der Waals surface area contributed by atoms with E-state index in [1.807, 2.05) is 11.4 Å². The van der Waals surface area contributed by atoms with Gasteiger partial charge in [0.1, 0.15) is 5.78 Å². The van der Waals surface area contributed by atoms with Crippen LogP contribution < -0.4 is 0 Å². The topological polar surface area (TPSA) is 17.1 Å². The number of fused-ring (bicyclic) bond motifs is 1.